The van der Waals surface area contributed by atoms with Crippen molar-refractivity contribution >= 4 is 23.4 Å². The largest absolute Gasteiger partial charge is 0.492 e. The maximum Gasteiger partial charge on any atom is 0.234 e. The van der Waals surface area contributed by atoms with E-state index in [0.29, 0.717) is 18.0 Å². The molecule has 2 aromatic carbocycles. The van der Waals surface area contributed by atoms with Gasteiger partial charge in [-0.25, -0.2) is 8.78 Å². The summed E-state index contributed by atoms with van der Waals surface area (Å²) in [5.74, 6) is -1.01. The zero-order chi connectivity index (χ0) is 15.9. The number of carbonyl (C=O) groups is 1. The number of anilines is 1. The van der Waals surface area contributed by atoms with E-state index in [4.69, 9.17) is 4.74 Å². The number of thioether (sulfide) groups is 1. The van der Waals surface area contributed by atoms with Crippen LogP contribution in [0.5, 0.6) is 5.75 Å². The minimum atomic E-state index is -0.674. The predicted molar refractivity (Wildman–Crippen MR) is 83.3 cm³/mol. The fourth-order valence-electron chi connectivity index (χ4n) is 1.77. The average Bonchev–Trinajstić information content (AvgIpc) is 2.48. The fourth-order valence-corrected chi connectivity index (χ4v) is 2.49. The van der Waals surface area contributed by atoms with Crippen LogP contribution in [0.3, 0.4) is 0 Å². The van der Waals surface area contributed by atoms with E-state index in [1.807, 2.05) is 13.0 Å². The molecular weight excluding hydrogens is 308 g/mol. The molecule has 3 nitrogen and oxygen atoms in total. The number of hydrogen-bond donors (Lipinski definition) is 1. The molecule has 0 bridgehead atoms. The van der Waals surface area contributed by atoms with Gasteiger partial charge in [-0.2, -0.15) is 0 Å². The van der Waals surface area contributed by atoms with E-state index < -0.39 is 11.6 Å². The van der Waals surface area contributed by atoms with Gasteiger partial charge in [-0.15, -0.1) is 11.8 Å². The summed E-state index contributed by atoms with van der Waals surface area (Å²) in [5.41, 5.74) is 0.564. The second kappa shape index (κ2) is 7.79. The van der Waals surface area contributed by atoms with Gasteiger partial charge in [0.05, 0.1) is 18.0 Å². The lowest BCUT2D eigenvalue weighted by atomic mass is 10.3. The molecule has 0 saturated heterocycles. The minimum Gasteiger partial charge on any atom is -0.492 e. The van der Waals surface area contributed by atoms with Gasteiger partial charge in [0, 0.05) is 11.0 Å². The first-order valence-corrected chi connectivity index (χ1v) is 7.68. The van der Waals surface area contributed by atoms with Gasteiger partial charge in [0.1, 0.15) is 17.4 Å². The Kier molecular flexibility index (Phi) is 5.77. The quantitative estimate of drug-likeness (QED) is 0.814. The Morgan fingerprint density at radius 1 is 1.23 bits per heavy atom. The first-order valence-electron chi connectivity index (χ1n) is 6.69. The van der Waals surface area contributed by atoms with Crippen molar-refractivity contribution in [2.24, 2.45) is 0 Å². The molecule has 22 heavy (non-hydrogen) atoms. The van der Waals surface area contributed by atoms with Crippen LogP contribution in [-0.2, 0) is 4.79 Å². The third-order valence-corrected chi connectivity index (χ3v) is 3.76. The molecule has 0 fully saturated rings. The SMILES string of the molecule is CCOc1ccccc1NC(=O)CSc1ccc(F)cc1F. The van der Waals surface area contributed by atoms with Crippen LogP contribution in [0.4, 0.5) is 14.5 Å². The molecule has 116 valence electrons. The molecule has 0 saturated carbocycles. The summed E-state index contributed by atoms with van der Waals surface area (Å²) in [7, 11) is 0. The Hall–Kier alpha value is -2.08. The molecule has 2 aromatic rings. The molecule has 1 N–H and O–H groups in total. The molecule has 1 amide bonds. The molecule has 6 heteroatoms. The van der Waals surface area contributed by atoms with Crippen molar-refractivity contribution < 1.29 is 18.3 Å². The summed E-state index contributed by atoms with van der Waals surface area (Å²) in [6.45, 7) is 2.34. The number of para-hydroxylation sites is 2. The molecule has 0 aromatic heterocycles. The Morgan fingerprint density at radius 3 is 2.73 bits per heavy atom. The average molecular weight is 323 g/mol. The Morgan fingerprint density at radius 2 is 2.00 bits per heavy atom. The normalized spacial score (nSPS) is 10.3. The van der Waals surface area contributed by atoms with Crippen molar-refractivity contribution in [1.82, 2.24) is 0 Å². The van der Waals surface area contributed by atoms with E-state index in [0.717, 1.165) is 23.9 Å². The molecule has 2 rings (SSSR count). The monoisotopic (exact) mass is 323 g/mol. The number of nitrogens with one attached hydrogen (secondary N) is 1. The summed E-state index contributed by atoms with van der Waals surface area (Å²) >= 11 is 1.01. The molecule has 0 heterocycles. The van der Waals surface area contributed by atoms with Crippen LogP contribution in [0.2, 0.25) is 0 Å². The predicted octanol–water partition coefficient (Wildman–Crippen LogP) is 4.09. The molecule has 0 radical (unpaired) electrons. The van der Waals surface area contributed by atoms with Gasteiger partial charge in [0.15, 0.2) is 0 Å². The molecule has 0 aliphatic heterocycles. The van der Waals surface area contributed by atoms with Crippen LogP contribution >= 0.6 is 11.8 Å². The number of ether oxygens (including phenoxy) is 1. The van der Waals surface area contributed by atoms with E-state index >= 15 is 0 Å². The number of hydrogen-bond acceptors (Lipinski definition) is 3. The highest BCUT2D eigenvalue weighted by atomic mass is 32.2. The van der Waals surface area contributed by atoms with Crippen LogP contribution in [0, 0.1) is 11.6 Å². The second-order valence-corrected chi connectivity index (χ2v) is 5.36. The highest BCUT2D eigenvalue weighted by molar-refractivity contribution is 8.00. The summed E-state index contributed by atoms with van der Waals surface area (Å²) in [4.78, 5) is 12.2. The highest BCUT2D eigenvalue weighted by Gasteiger charge is 2.10. The van der Waals surface area contributed by atoms with Gasteiger partial charge < -0.3 is 10.1 Å². The summed E-state index contributed by atoms with van der Waals surface area (Å²) in [6.07, 6.45) is 0. The number of carbonyl (C=O) groups excluding carboxylic acids is 1. The number of halogens is 2. The number of amides is 1. The molecule has 0 unspecified atom stereocenters. The molecule has 0 aliphatic carbocycles. The molecule has 0 aliphatic rings. The van der Waals surface area contributed by atoms with Gasteiger partial charge in [-0.3, -0.25) is 4.79 Å². The minimum absolute atomic E-state index is 0.0169. The maximum absolute atomic E-state index is 13.5. The smallest absolute Gasteiger partial charge is 0.234 e. The van der Waals surface area contributed by atoms with Crippen LogP contribution in [0.15, 0.2) is 47.4 Å². The summed E-state index contributed by atoms with van der Waals surface area (Å²) in [5, 5.41) is 2.72. The van der Waals surface area contributed by atoms with Crippen molar-refractivity contribution in [3.63, 3.8) is 0 Å². The lowest BCUT2D eigenvalue weighted by Crippen LogP contribution is -2.15. The van der Waals surface area contributed by atoms with Gasteiger partial charge >= 0.3 is 0 Å². The summed E-state index contributed by atoms with van der Waals surface area (Å²) in [6, 6.07) is 10.3. The van der Waals surface area contributed by atoms with E-state index in [9.17, 15) is 13.6 Å². The second-order valence-electron chi connectivity index (χ2n) is 4.34. The van der Waals surface area contributed by atoms with Crippen molar-refractivity contribution in [2.45, 2.75) is 11.8 Å². The van der Waals surface area contributed by atoms with E-state index in [2.05, 4.69) is 5.32 Å². The van der Waals surface area contributed by atoms with Gasteiger partial charge in [0.2, 0.25) is 5.91 Å². The van der Waals surface area contributed by atoms with Crippen LogP contribution < -0.4 is 10.1 Å². The lowest BCUT2D eigenvalue weighted by molar-refractivity contribution is -0.113. The Bertz CT molecular complexity index is 664. The zero-order valence-electron chi connectivity index (χ0n) is 11.9. The van der Waals surface area contributed by atoms with Crippen molar-refractivity contribution in [3.05, 3.63) is 54.1 Å². The third-order valence-electron chi connectivity index (χ3n) is 2.71. The first kappa shape index (κ1) is 16.3. The van der Waals surface area contributed by atoms with Gasteiger partial charge in [-0.1, -0.05) is 12.1 Å². The van der Waals surface area contributed by atoms with Crippen molar-refractivity contribution in [2.75, 3.05) is 17.7 Å². The zero-order valence-corrected chi connectivity index (χ0v) is 12.8. The van der Waals surface area contributed by atoms with Gasteiger partial charge in [-0.05, 0) is 31.2 Å². The van der Waals surface area contributed by atoms with Crippen LogP contribution in [0.1, 0.15) is 6.92 Å². The molecular formula is C16H15F2NO2S. The fraction of sp³-hybridized carbons (Fsp3) is 0.188. The number of rotatable bonds is 6. The third kappa shape index (κ3) is 4.46. The lowest BCUT2D eigenvalue weighted by Gasteiger charge is -2.11. The number of benzene rings is 2. The summed E-state index contributed by atoms with van der Waals surface area (Å²) < 4.78 is 31.7. The topological polar surface area (TPSA) is 38.3 Å². The van der Waals surface area contributed by atoms with Crippen LogP contribution in [-0.4, -0.2) is 18.3 Å². The molecule has 0 spiro atoms. The first-order chi connectivity index (χ1) is 10.6. The van der Waals surface area contributed by atoms with E-state index in [1.165, 1.54) is 6.07 Å². The van der Waals surface area contributed by atoms with E-state index in [-0.39, 0.29) is 16.6 Å². The maximum atomic E-state index is 13.5. The van der Waals surface area contributed by atoms with Crippen molar-refractivity contribution in [1.29, 1.82) is 0 Å². The molecule has 0 atom stereocenters. The highest BCUT2D eigenvalue weighted by Crippen LogP contribution is 2.25. The van der Waals surface area contributed by atoms with Crippen molar-refractivity contribution in [3.8, 4) is 5.75 Å². The Labute approximate surface area is 131 Å². The van der Waals surface area contributed by atoms with E-state index in [1.54, 1.807) is 18.2 Å². The standard InChI is InChI=1S/C16H15F2NO2S/c1-2-21-14-6-4-3-5-13(14)19-16(20)10-22-15-8-7-11(17)9-12(15)18/h3-9H,2,10H2,1H3,(H,19,20). The Balaban J connectivity index is 1.96. The van der Waals surface area contributed by atoms with Crippen LogP contribution in [0.25, 0.3) is 0 Å². The van der Waals surface area contributed by atoms with Gasteiger partial charge in [0.25, 0.3) is 0 Å².